The van der Waals surface area contributed by atoms with Crippen molar-refractivity contribution in [1.29, 1.82) is 0 Å². The Bertz CT molecular complexity index is 271. The molecule has 0 rings (SSSR count). The second-order valence-corrected chi connectivity index (χ2v) is 13.5. The summed E-state index contributed by atoms with van der Waals surface area (Å²) in [5, 5.41) is 0. The minimum atomic E-state index is -0.309. The van der Waals surface area contributed by atoms with Gasteiger partial charge in [0, 0.05) is 51.5 Å². The summed E-state index contributed by atoms with van der Waals surface area (Å²) in [5.41, 5.74) is 0. The maximum Gasteiger partial charge on any atom is 0.136 e. The van der Waals surface area contributed by atoms with Crippen molar-refractivity contribution < 1.29 is 28.4 Å². The summed E-state index contributed by atoms with van der Waals surface area (Å²) < 4.78 is 31.8. The summed E-state index contributed by atoms with van der Waals surface area (Å²) in [5.74, 6) is -0.0886. The molecule has 7 radical (unpaired) electrons. The van der Waals surface area contributed by atoms with E-state index in [0.717, 1.165) is 28.6 Å². The van der Waals surface area contributed by atoms with Crippen molar-refractivity contribution in [3.8, 4) is 0 Å². The lowest BCUT2D eigenvalue weighted by atomic mass is 10.5. The highest BCUT2D eigenvalue weighted by atomic mass is 28.3. The summed E-state index contributed by atoms with van der Waals surface area (Å²) in [7, 11) is 12.2. The SMILES string of the molecule is COC(OC)[Si]CCC[Si](CCC[Si]C(OC)OC)CCC[Si]C(OC)OC. The van der Waals surface area contributed by atoms with Gasteiger partial charge in [0.25, 0.3) is 0 Å². The van der Waals surface area contributed by atoms with Gasteiger partial charge in [0.05, 0.1) is 0 Å². The maximum atomic E-state index is 5.31. The van der Waals surface area contributed by atoms with Gasteiger partial charge < -0.3 is 28.4 Å². The van der Waals surface area contributed by atoms with Crippen LogP contribution >= 0.6 is 0 Å². The smallest absolute Gasteiger partial charge is 0.136 e. The molecule has 0 aliphatic rings. The normalized spacial score (nSPS) is 12.2. The van der Waals surface area contributed by atoms with Crippen molar-refractivity contribution in [2.45, 2.75) is 73.3 Å². The van der Waals surface area contributed by atoms with Gasteiger partial charge in [0.2, 0.25) is 0 Å². The van der Waals surface area contributed by atoms with Crippen molar-refractivity contribution in [2.24, 2.45) is 0 Å². The molecule has 163 valence electrons. The minimum Gasteiger partial charge on any atom is -0.360 e. The van der Waals surface area contributed by atoms with E-state index in [9.17, 15) is 0 Å². The van der Waals surface area contributed by atoms with Crippen LogP contribution in [0.1, 0.15) is 19.3 Å². The molecule has 0 aromatic heterocycles. The van der Waals surface area contributed by atoms with E-state index in [0.29, 0.717) is 0 Å². The van der Waals surface area contributed by atoms with Crippen LogP contribution < -0.4 is 0 Å². The molecular formula is C18H39O6Si4. The Morgan fingerprint density at radius 3 is 0.964 bits per heavy atom. The predicted octanol–water partition coefficient (Wildman–Crippen LogP) is 2.75. The van der Waals surface area contributed by atoms with E-state index in [1.807, 2.05) is 0 Å². The first-order valence-corrected chi connectivity index (χ1v) is 15.8. The number of rotatable bonds is 21. The molecule has 6 nitrogen and oxygen atoms in total. The predicted molar refractivity (Wildman–Crippen MR) is 119 cm³/mol. The molecule has 0 saturated carbocycles. The Kier molecular flexibility index (Phi) is 21.4. The van der Waals surface area contributed by atoms with Crippen LogP contribution in [0.25, 0.3) is 0 Å². The average Bonchev–Trinajstić information content (AvgIpc) is 2.73. The van der Waals surface area contributed by atoms with Crippen LogP contribution in [0.2, 0.25) is 36.3 Å². The van der Waals surface area contributed by atoms with Gasteiger partial charge in [-0.05, 0) is 0 Å². The quantitative estimate of drug-likeness (QED) is 0.148. The van der Waals surface area contributed by atoms with Crippen molar-refractivity contribution in [2.75, 3.05) is 42.7 Å². The highest BCUT2D eigenvalue weighted by Crippen LogP contribution is 2.18. The first kappa shape index (κ1) is 28.6. The second-order valence-electron chi connectivity index (χ2n) is 6.33. The van der Waals surface area contributed by atoms with E-state index >= 15 is 0 Å². The summed E-state index contributed by atoms with van der Waals surface area (Å²) in [6.45, 7) is 0. The fourth-order valence-corrected chi connectivity index (χ4v) is 9.53. The number of hydrogen-bond acceptors (Lipinski definition) is 6. The fourth-order valence-electron chi connectivity index (χ4n) is 2.84. The highest BCUT2D eigenvalue weighted by molar-refractivity contribution is 6.59. The Morgan fingerprint density at radius 1 is 0.500 bits per heavy atom. The number of methoxy groups -OCH3 is 6. The first-order chi connectivity index (χ1) is 13.6. The third kappa shape index (κ3) is 15.5. The highest BCUT2D eigenvalue weighted by Gasteiger charge is 2.14. The van der Waals surface area contributed by atoms with Gasteiger partial charge in [0.15, 0.2) is 0 Å². The van der Waals surface area contributed by atoms with Gasteiger partial charge in [-0.1, -0.05) is 55.5 Å². The molecule has 0 aliphatic heterocycles. The molecule has 28 heavy (non-hydrogen) atoms. The molecule has 0 heterocycles. The zero-order valence-corrected chi connectivity index (χ0v) is 22.5. The van der Waals surface area contributed by atoms with Gasteiger partial charge in [-0.3, -0.25) is 0 Å². The van der Waals surface area contributed by atoms with Crippen LogP contribution in [0.4, 0.5) is 0 Å². The first-order valence-electron chi connectivity index (χ1n) is 9.85. The van der Waals surface area contributed by atoms with Gasteiger partial charge in [-0.2, -0.15) is 0 Å². The van der Waals surface area contributed by atoms with Crippen molar-refractivity contribution in [3.05, 3.63) is 0 Å². The van der Waals surface area contributed by atoms with Gasteiger partial charge in [-0.25, -0.2) is 0 Å². The van der Waals surface area contributed by atoms with Crippen LogP contribution in [0.5, 0.6) is 0 Å². The zero-order chi connectivity index (χ0) is 21.0. The van der Waals surface area contributed by atoms with Crippen LogP contribution in [0.15, 0.2) is 0 Å². The summed E-state index contributed by atoms with van der Waals surface area (Å²) >= 11 is 0. The Hall–Kier alpha value is 0.628. The van der Waals surface area contributed by atoms with Gasteiger partial charge in [-0.15, -0.1) is 0 Å². The number of ether oxygens (including phenoxy) is 6. The third-order valence-corrected chi connectivity index (χ3v) is 11.9. The molecule has 0 aliphatic carbocycles. The third-order valence-electron chi connectivity index (χ3n) is 4.34. The Morgan fingerprint density at radius 2 is 0.750 bits per heavy atom. The molecule has 0 unspecified atom stereocenters. The summed E-state index contributed by atoms with van der Waals surface area (Å²) in [6.07, 6.45) is 3.87. The summed E-state index contributed by atoms with van der Waals surface area (Å²) in [4.78, 5) is 0. The lowest BCUT2D eigenvalue weighted by Crippen LogP contribution is -2.23. The zero-order valence-electron chi connectivity index (χ0n) is 18.5. The van der Waals surface area contributed by atoms with E-state index in [-0.39, 0.29) is 26.5 Å². The van der Waals surface area contributed by atoms with Crippen LogP contribution in [-0.2, 0) is 28.4 Å². The van der Waals surface area contributed by atoms with E-state index in [1.54, 1.807) is 42.7 Å². The molecule has 0 saturated heterocycles. The van der Waals surface area contributed by atoms with Crippen LogP contribution in [0, 0.1) is 0 Å². The molecule has 0 amide bonds. The van der Waals surface area contributed by atoms with Crippen LogP contribution in [0.3, 0.4) is 0 Å². The van der Waals surface area contributed by atoms with Gasteiger partial charge in [0.1, 0.15) is 46.3 Å². The Labute approximate surface area is 181 Å². The molecule has 10 heteroatoms. The molecule has 0 aromatic rings. The molecule has 0 atom stereocenters. The molecule has 0 spiro atoms. The maximum absolute atomic E-state index is 5.31. The summed E-state index contributed by atoms with van der Waals surface area (Å²) in [6, 6.07) is 7.78. The average molecular weight is 464 g/mol. The van der Waals surface area contributed by atoms with E-state index in [1.165, 1.54) is 55.5 Å². The standard InChI is InChI=1S/C18H39O6Si4/c1-19-16(20-2)25-10-7-13-28(14-8-11-26-17(21-3)22-4)15-9-12-27-18(23-5)24-6/h16-18H,7-15H2,1-6H3. The van der Waals surface area contributed by atoms with E-state index in [2.05, 4.69) is 0 Å². The van der Waals surface area contributed by atoms with E-state index < -0.39 is 0 Å². The lowest BCUT2D eigenvalue weighted by Gasteiger charge is -2.18. The topological polar surface area (TPSA) is 55.4 Å². The van der Waals surface area contributed by atoms with Crippen molar-refractivity contribution in [3.63, 3.8) is 0 Å². The van der Waals surface area contributed by atoms with Crippen molar-refractivity contribution >= 4 is 37.4 Å². The molecule has 0 aromatic carbocycles. The molecular weight excluding hydrogens is 425 g/mol. The Balaban J connectivity index is 4.17. The largest absolute Gasteiger partial charge is 0.360 e. The van der Waals surface area contributed by atoms with Gasteiger partial charge >= 0.3 is 0 Å². The molecule has 0 fully saturated rings. The monoisotopic (exact) mass is 463 g/mol. The van der Waals surface area contributed by atoms with Crippen LogP contribution in [-0.4, -0.2) is 97.8 Å². The number of hydrogen-bond donors (Lipinski definition) is 0. The molecule has 0 N–H and O–H groups in total. The van der Waals surface area contributed by atoms with E-state index in [4.69, 9.17) is 28.4 Å². The molecule has 0 bridgehead atoms. The minimum absolute atomic E-state index is 0.0295. The van der Waals surface area contributed by atoms with Crippen molar-refractivity contribution in [1.82, 2.24) is 0 Å². The fraction of sp³-hybridized carbons (Fsp3) is 1.00. The lowest BCUT2D eigenvalue weighted by molar-refractivity contribution is -0.0442. The second kappa shape index (κ2) is 20.9.